The monoisotopic (exact) mass is 326 g/mol. The minimum atomic E-state index is -0.473. The van der Waals surface area contributed by atoms with Gasteiger partial charge in [0, 0.05) is 25.4 Å². The Balaban J connectivity index is 1.59. The second-order valence-electron chi connectivity index (χ2n) is 4.73. The van der Waals surface area contributed by atoms with Crippen molar-refractivity contribution in [2.45, 2.75) is 0 Å². The van der Waals surface area contributed by atoms with E-state index in [-0.39, 0.29) is 11.5 Å². The van der Waals surface area contributed by atoms with Crippen molar-refractivity contribution >= 4 is 17.5 Å². The minimum absolute atomic E-state index is 0.0633. The number of nitro groups is 1. The molecule has 0 saturated carbocycles. The number of hydrogen-bond acceptors (Lipinski definition) is 8. The zero-order valence-corrected chi connectivity index (χ0v) is 12.5. The molecule has 0 atom stereocenters. The molecule has 0 bridgehead atoms. The highest BCUT2D eigenvalue weighted by molar-refractivity contribution is 5.55. The number of benzene rings is 1. The molecule has 0 fully saturated rings. The van der Waals surface area contributed by atoms with Crippen LogP contribution >= 0.6 is 0 Å². The minimum Gasteiger partial charge on any atom is -0.363 e. The van der Waals surface area contributed by atoms with Crippen molar-refractivity contribution < 1.29 is 4.92 Å². The maximum absolute atomic E-state index is 10.9. The molecule has 0 unspecified atom stereocenters. The van der Waals surface area contributed by atoms with E-state index in [2.05, 4.69) is 31.1 Å². The Labute approximate surface area is 136 Å². The van der Waals surface area contributed by atoms with E-state index in [1.54, 1.807) is 4.68 Å². The topological polar surface area (TPSA) is 124 Å². The Hall–Kier alpha value is -3.56. The number of hydrogen-bond donors (Lipinski definition) is 2. The second-order valence-corrected chi connectivity index (χ2v) is 4.73. The van der Waals surface area contributed by atoms with Crippen LogP contribution in [0.1, 0.15) is 0 Å². The lowest BCUT2D eigenvalue weighted by Gasteiger charge is -2.08. The van der Waals surface area contributed by atoms with Gasteiger partial charge in [-0.15, -0.1) is 0 Å². The summed E-state index contributed by atoms with van der Waals surface area (Å²) in [4.78, 5) is 14.4. The molecule has 3 aromatic rings. The van der Waals surface area contributed by atoms with Gasteiger partial charge in [0.05, 0.1) is 10.6 Å². The average molecular weight is 326 g/mol. The van der Waals surface area contributed by atoms with E-state index in [9.17, 15) is 10.1 Å². The van der Waals surface area contributed by atoms with Crippen molar-refractivity contribution in [3.05, 3.63) is 58.8 Å². The van der Waals surface area contributed by atoms with Gasteiger partial charge >= 0.3 is 5.69 Å². The zero-order valence-electron chi connectivity index (χ0n) is 12.5. The summed E-state index contributed by atoms with van der Waals surface area (Å²) >= 11 is 0. The molecule has 10 heteroatoms. The summed E-state index contributed by atoms with van der Waals surface area (Å²) in [6, 6.07) is 12.4. The molecule has 0 aliphatic carbocycles. The molecule has 2 N–H and O–H groups in total. The predicted octanol–water partition coefficient (Wildman–Crippen LogP) is 1.49. The summed E-state index contributed by atoms with van der Waals surface area (Å²) < 4.78 is 1.57. The number of para-hydroxylation sites is 1. The number of anilines is 2. The second kappa shape index (κ2) is 7.13. The maximum Gasteiger partial charge on any atom is 0.311 e. The van der Waals surface area contributed by atoms with E-state index in [0.717, 1.165) is 5.69 Å². The molecule has 2 heterocycles. The molecule has 10 nitrogen and oxygen atoms in total. The molecule has 0 spiro atoms. The fourth-order valence-corrected chi connectivity index (χ4v) is 2.08. The summed E-state index contributed by atoms with van der Waals surface area (Å²) in [5.74, 6) is 0.713. The van der Waals surface area contributed by atoms with E-state index in [1.807, 2.05) is 30.3 Å². The van der Waals surface area contributed by atoms with Crippen molar-refractivity contribution in [2.75, 3.05) is 23.7 Å². The largest absolute Gasteiger partial charge is 0.363 e. The molecule has 24 heavy (non-hydrogen) atoms. The fourth-order valence-electron chi connectivity index (χ4n) is 2.08. The van der Waals surface area contributed by atoms with Crippen LogP contribution in [0.25, 0.3) is 5.69 Å². The standard InChI is InChI=1S/C14H14N8O2/c23-22(24)12-7-4-8-15-13(12)16-9-10-17-14-18-19-20-21(14)11-5-2-1-3-6-11/h1-8H,9-10H2,(H,15,16)(H,17,18,20). The third-order valence-corrected chi connectivity index (χ3v) is 3.15. The lowest BCUT2D eigenvalue weighted by Crippen LogP contribution is -2.17. The van der Waals surface area contributed by atoms with E-state index >= 15 is 0 Å². The first kappa shape index (κ1) is 15.3. The number of aromatic nitrogens is 5. The third-order valence-electron chi connectivity index (χ3n) is 3.15. The molecular formula is C14H14N8O2. The molecule has 2 aromatic heterocycles. The van der Waals surface area contributed by atoms with Crippen molar-refractivity contribution in [3.8, 4) is 5.69 Å². The van der Waals surface area contributed by atoms with Crippen molar-refractivity contribution in [2.24, 2.45) is 0 Å². The molecule has 0 aliphatic heterocycles. The number of nitrogens with zero attached hydrogens (tertiary/aromatic N) is 6. The number of tetrazole rings is 1. The molecule has 0 aliphatic rings. The first-order valence-corrected chi connectivity index (χ1v) is 7.16. The summed E-state index contributed by atoms with van der Waals surface area (Å²) in [6.07, 6.45) is 1.50. The van der Waals surface area contributed by atoms with Gasteiger partial charge in [-0.3, -0.25) is 10.1 Å². The van der Waals surface area contributed by atoms with Crippen LogP contribution < -0.4 is 10.6 Å². The Morgan fingerprint density at radius 3 is 2.67 bits per heavy atom. The molecule has 0 amide bonds. The van der Waals surface area contributed by atoms with Gasteiger partial charge in [-0.05, 0) is 28.6 Å². The Bertz CT molecular complexity index is 820. The lowest BCUT2D eigenvalue weighted by atomic mass is 10.3. The van der Waals surface area contributed by atoms with E-state index in [0.29, 0.717) is 19.0 Å². The number of pyridine rings is 1. The van der Waals surface area contributed by atoms with E-state index in [4.69, 9.17) is 0 Å². The number of rotatable bonds is 7. The van der Waals surface area contributed by atoms with Crippen molar-refractivity contribution in [1.82, 2.24) is 25.2 Å². The van der Waals surface area contributed by atoms with E-state index in [1.165, 1.54) is 18.3 Å². The third kappa shape index (κ3) is 3.43. The smallest absolute Gasteiger partial charge is 0.311 e. The van der Waals surface area contributed by atoms with Gasteiger partial charge in [0.2, 0.25) is 11.8 Å². The fraction of sp³-hybridized carbons (Fsp3) is 0.143. The number of nitrogens with one attached hydrogen (secondary N) is 2. The highest BCUT2D eigenvalue weighted by Gasteiger charge is 2.13. The quantitative estimate of drug-likeness (QED) is 0.380. The van der Waals surface area contributed by atoms with Crippen LogP contribution in [0.2, 0.25) is 0 Å². The molecule has 3 rings (SSSR count). The Morgan fingerprint density at radius 1 is 1.08 bits per heavy atom. The molecule has 122 valence electrons. The van der Waals surface area contributed by atoms with Gasteiger partial charge in [0.15, 0.2) is 0 Å². The van der Waals surface area contributed by atoms with Crippen molar-refractivity contribution in [1.29, 1.82) is 0 Å². The molecule has 0 radical (unpaired) electrons. The van der Waals surface area contributed by atoms with Crippen LogP contribution in [-0.2, 0) is 0 Å². The first-order valence-electron chi connectivity index (χ1n) is 7.16. The van der Waals surface area contributed by atoms with Gasteiger partial charge in [-0.1, -0.05) is 23.3 Å². The first-order chi connectivity index (χ1) is 11.8. The van der Waals surface area contributed by atoms with Crippen LogP contribution in [0.3, 0.4) is 0 Å². The summed E-state index contributed by atoms with van der Waals surface area (Å²) in [5, 5.41) is 28.4. The lowest BCUT2D eigenvalue weighted by molar-refractivity contribution is -0.384. The summed E-state index contributed by atoms with van der Waals surface area (Å²) in [6.45, 7) is 0.875. The maximum atomic E-state index is 10.9. The normalized spacial score (nSPS) is 10.3. The van der Waals surface area contributed by atoms with Crippen LogP contribution in [-0.4, -0.2) is 43.2 Å². The zero-order chi connectivity index (χ0) is 16.8. The van der Waals surface area contributed by atoms with Gasteiger partial charge in [0.1, 0.15) is 0 Å². The van der Waals surface area contributed by atoms with Crippen LogP contribution in [0.15, 0.2) is 48.7 Å². The Morgan fingerprint density at radius 2 is 1.88 bits per heavy atom. The van der Waals surface area contributed by atoms with Crippen LogP contribution in [0.4, 0.5) is 17.5 Å². The molecule has 0 saturated heterocycles. The van der Waals surface area contributed by atoms with Crippen molar-refractivity contribution in [3.63, 3.8) is 0 Å². The molecule has 1 aromatic carbocycles. The predicted molar refractivity (Wildman–Crippen MR) is 87.0 cm³/mol. The summed E-state index contributed by atoms with van der Waals surface area (Å²) in [5.41, 5.74) is 0.768. The van der Waals surface area contributed by atoms with Gasteiger partial charge < -0.3 is 10.6 Å². The average Bonchev–Trinajstić information content (AvgIpc) is 3.08. The van der Waals surface area contributed by atoms with Gasteiger partial charge in [-0.2, -0.15) is 4.68 Å². The Kier molecular flexibility index (Phi) is 4.56. The van der Waals surface area contributed by atoms with Crippen LogP contribution in [0.5, 0.6) is 0 Å². The molecular weight excluding hydrogens is 312 g/mol. The van der Waals surface area contributed by atoms with E-state index < -0.39 is 4.92 Å². The highest BCUT2D eigenvalue weighted by atomic mass is 16.6. The van der Waals surface area contributed by atoms with Crippen LogP contribution in [0, 0.1) is 10.1 Å². The van der Waals surface area contributed by atoms with Gasteiger partial charge in [0.25, 0.3) is 0 Å². The SMILES string of the molecule is O=[N+]([O-])c1cccnc1NCCNc1nnnn1-c1ccccc1. The highest BCUT2D eigenvalue weighted by Crippen LogP contribution is 2.19. The summed E-state index contributed by atoms with van der Waals surface area (Å²) in [7, 11) is 0. The van der Waals surface area contributed by atoms with Gasteiger partial charge in [-0.25, -0.2) is 4.98 Å².